The Hall–Kier alpha value is -2.23. The molecule has 0 amide bonds. The highest BCUT2D eigenvalue weighted by atomic mass is 16.7. The normalized spacial score (nSPS) is 14.8. The lowest BCUT2D eigenvalue weighted by molar-refractivity contribution is -0.132. The Kier molecular flexibility index (Phi) is 3.45. The molecule has 0 atom stereocenters. The molecule has 0 saturated heterocycles. The summed E-state index contributed by atoms with van der Waals surface area (Å²) in [5.74, 6) is -0.744. The van der Waals surface area contributed by atoms with E-state index in [1.807, 2.05) is 30.3 Å². The molecule has 0 fully saturated rings. The molecule has 1 aromatic carbocycles. The van der Waals surface area contributed by atoms with Crippen molar-refractivity contribution < 1.29 is 19.4 Å². The van der Waals surface area contributed by atoms with E-state index in [2.05, 4.69) is 0 Å². The van der Waals surface area contributed by atoms with Gasteiger partial charge in [0.25, 0.3) is 0 Å². The van der Waals surface area contributed by atoms with Crippen molar-refractivity contribution >= 4 is 5.97 Å². The summed E-state index contributed by atoms with van der Waals surface area (Å²) in [4.78, 5) is 11.1. The van der Waals surface area contributed by atoms with Crippen molar-refractivity contribution in [2.24, 2.45) is 0 Å². The van der Waals surface area contributed by atoms with E-state index in [-0.39, 0.29) is 18.1 Å². The van der Waals surface area contributed by atoms with Crippen molar-refractivity contribution in [2.75, 3.05) is 6.79 Å². The minimum atomic E-state index is -1.02. The molecule has 0 unspecified atom stereocenters. The lowest BCUT2D eigenvalue weighted by Gasteiger charge is -2.02. The predicted molar refractivity (Wildman–Crippen MR) is 61.0 cm³/mol. The zero-order valence-corrected chi connectivity index (χ0v) is 9.13. The summed E-state index contributed by atoms with van der Waals surface area (Å²) in [6, 6.07) is 9.63. The Morgan fingerprint density at radius 3 is 2.71 bits per heavy atom. The van der Waals surface area contributed by atoms with Gasteiger partial charge in [-0.2, -0.15) is 0 Å². The SMILES string of the molecule is O=C(O)/C(=C/Cc1ccccc1)C1=COCO1. The number of allylic oxidation sites excluding steroid dienone is 1. The molecule has 1 heterocycles. The van der Waals surface area contributed by atoms with Gasteiger partial charge in [0.05, 0.1) is 0 Å². The van der Waals surface area contributed by atoms with Gasteiger partial charge in [-0.3, -0.25) is 0 Å². The molecule has 1 aliphatic heterocycles. The fourth-order valence-electron chi connectivity index (χ4n) is 1.51. The van der Waals surface area contributed by atoms with Crippen LogP contribution in [0.5, 0.6) is 0 Å². The number of carboxylic acid groups (broad SMARTS) is 1. The molecule has 4 nitrogen and oxygen atoms in total. The van der Waals surface area contributed by atoms with Gasteiger partial charge < -0.3 is 14.6 Å². The minimum Gasteiger partial charge on any atom is -0.478 e. The van der Waals surface area contributed by atoms with Crippen LogP contribution in [0.25, 0.3) is 0 Å². The second-order valence-electron chi connectivity index (χ2n) is 3.52. The zero-order chi connectivity index (χ0) is 12.1. The molecule has 17 heavy (non-hydrogen) atoms. The number of hydrogen-bond donors (Lipinski definition) is 1. The fraction of sp³-hybridized carbons (Fsp3) is 0.154. The predicted octanol–water partition coefficient (Wildman–Crippen LogP) is 2.09. The first-order valence-electron chi connectivity index (χ1n) is 5.19. The molecule has 0 saturated carbocycles. The van der Waals surface area contributed by atoms with E-state index in [1.165, 1.54) is 6.26 Å². The average Bonchev–Trinajstić information content (AvgIpc) is 2.84. The number of rotatable bonds is 4. The smallest absolute Gasteiger partial charge is 0.339 e. The van der Waals surface area contributed by atoms with Crippen LogP contribution in [-0.4, -0.2) is 17.9 Å². The number of carboxylic acids is 1. The first kappa shape index (κ1) is 11.3. The molecule has 0 aliphatic carbocycles. The minimum absolute atomic E-state index is 0.0747. The largest absolute Gasteiger partial charge is 0.478 e. The van der Waals surface area contributed by atoms with Crippen LogP contribution in [0.2, 0.25) is 0 Å². The van der Waals surface area contributed by atoms with Crippen molar-refractivity contribution in [1.29, 1.82) is 0 Å². The van der Waals surface area contributed by atoms with Gasteiger partial charge in [-0.15, -0.1) is 0 Å². The van der Waals surface area contributed by atoms with Crippen molar-refractivity contribution in [3.63, 3.8) is 0 Å². The first-order valence-corrected chi connectivity index (χ1v) is 5.19. The average molecular weight is 232 g/mol. The Labute approximate surface area is 98.8 Å². The number of carbonyl (C=O) groups is 1. The highest BCUT2D eigenvalue weighted by Crippen LogP contribution is 2.18. The molecular weight excluding hydrogens is 220 g/mol. The van der Waals surface area contributed by atoms with Crippen LogP contribution >= 0.6 is 0 Å². The fourth-order valence-corrected chi connectivity index (χ4v) is 1.51. The van der Waals surface area contributed by atoms with Gasteiger partial charge in [0.15, 0.2) is 5.76 Å². The van der Waals surface area contributed by atoms with Crippen molar-refractivity contribution in [2.45, 2.75) is 6.42 Å². The van der Waals surface area contributed by atoms with Crippen LogP contribution in [0.1, 0.15) is 5.56 Å². The maximum atomic E-state index is 11.1. The highest BCUT2D eigenvalue weighted by Gasteiger charge is 2.18. The standard InChI is InChI=1S/C13H12O4/c14-13(15)11(12-8-16-9-17-12)7-6-10-4-2-1-3-5-10/h1-5,7-8H,6,9H2,(H,14,15)/b11-7+. The lowest BCUT2D eigenvalue weighted by atomic mass is 10.1. The third-order valence-corrected chi connectivity index (χ3v) is 2.35. The summed E-state index contributed by atoms with van der Waals surface area (Å²) in [5.41, 5.74) is 1.18. The Morgan fingerprint density at radius 1 is 1.35 bits per heavy atom. The second-order valence-corrected chi connectivity index (χ2v) is 3.52. The number of ether oxygens (including phenoxy) is 2. The molecule has 1 N–H and O–H groups in total. The zero-order valence-electron chi connectivity index (χ0n) is 9.13. The molecule has 4 heteroatoms. The third-order valence-electron chi connectivity index (χ3n) is 2.35. The molecule has 0 bridgehead atoms. The molecule has 0 spiro atoms. The van der Waals surface area contributed by atoms with Gasteiger partial charge in [-0.05, 0) is 12.0 Å². The van der Waals surface area contributed by atoms with Crippen LogP contribution < -0.4 is 0 Å². The number of aliphatic carboxylic acids is 1. The lowest BCUT2D eigenvalue weighted by Crippen LogP contribution is -2.05. The number of benzene rings is 1. The van der Waals surface area contributed by atoms with Crippen molar-refractivity contribution in [1.82, 2.24) is 0 Å². The number of hydrogen-bond acceptors (Lipinski definition) is 3. The van der Waals surface area contributed by atoms with Crippen LogP contribution in [0.4, 0.5) is 0 Å². The van der Waals surface area contributed by atoms with E-state index < -0.39 is 5.97 Å². The monoisotopic (exact) mass is 232 g/mol. The Balaban J connectivity index is 2.14. The molecular formula is C13H12O4. The van der Waals surface area contributed by atoms with Gasteiger partial charge in [0, 0.05) is 0 Å². The van der Waals surface area contributed by atoms with Crippen LogP contribution in [0, 0.1) is 0 Å². The van der Waals surface area contributed by atoms with Crippen LogP contribution in [0.15, 0.2) is 54.0 Å². The van der Waals surface area contributed by atoms with Crippen molar-refractivity contribution in [3.8, 4) is 0 Å². The third kappa shape index (κ3) is 2.87. The van der Waals surface area contributed by atoms with Gasteiger partial charge in [0.2, 0.25) is 6.79 Å². The maximum Gasteiger partial charge on any atom is 0.339 e. The maximum absolute atomic E-state index is 11.1. The summed E-state index contributed by atoms with van der Waals surface area (Å²) in [6.45, 7) is 0.0747. The van der Waals surface area contributed by atoms with Gasteiger partial charge in [0.1, 0.15) is 11.8 Å². The summed E-state index contributed by atoms with van der Waals surface area (Å²) in [5, 5.41) is 9.07. The van der Waals surface area contributed by atoms with Crippen LogP contribution in [-0.2, 0) is 20.7 Å². The summed E-state index contributed by atoms with van der Waals surface area (Å²) in [7, 11) is 0. The van der Waals surface area contributed by atoms with E-state index >= 15 is 0 Å². The first-order chi connectivity index (χ1) is 8.27. The van der Waals surface area contributed by atoms with E-state index in [9.17, 15) is 4.79 Å². The van der Waals surface area contributed by atoms with E-state index in [0.29, 0.717) is 6.42 Å². The summed E-state index contributed by atoms with van der Waals surface area (Å²) in [6.07, 6.45) is 3.49. The quantitative estimate of drug-likeness (QED) is 0.807. The van der Waals surface area contributed by atoms with Gasteiger partial charge >= 0.3 is 5.97 Å². The summed E-state index contributed by atoms with van der Waals surface area (Å²) >= 11 is 0. The molecule has 88 valence electrons. The van der Waals surface area contributed by atoms with E-state index in [0.717, 1.165) is 5.56 Å². The Bertz CT molecular complexity index is 460. The molecule has 0 radical (unpaired) electrons. The van der Waals surface area contributed by atoms with Gasteiger partial charge in [-0.1, -0.05) is 36.4 Å². The topological polar surface area (TPSA) is 55.8 Å². The second kappa shape index (κ2) is 5.21. The Morgan fingerprint density at radius 2 is 2.12 bits per heavy atom. The highest BCUT2D eigenvalue weighted by molar-refractivity contribution is 5.91. The molecule has 0 aromatic heterocycles. The van der Waals surface area contributed by atoms with E-state index in [1.54, 1.807) is 6.08 Å². The van der Waals surface area contributed by atoms with Crippen LogP contribution in [0.3, 0.4) is 0 Å². The van der Waals surface area contributed by atoms with Crippen molar-refractivity contribution in [3.05, 3.63) is 59.6 Å². The molecule has 2 rings (SSSR count). The van der Waals surface area contributed by atoms with Gasteiger partial charge in [-0.25, -0.2) is 4.79 Å². The molecule has 1 aromatic rings. The molecule has 1 aliphatic rings. The summed E-state index contributed by atoms with van der Waals surface area (Å²) < 4.78 is 9.91. The van der Waals surface area contributed by atoms with E-state index in [4.69, 9.17) is 14.6 Å².